The van der Waals surface area contributed by atoms with Crippen LogP contribution >= 0.6 is 0 Å². The minimum absolute atomic E-state index is 0.0767. The second-order valence-corrected chi connectivity index (χ2v) is 23.1. The van der Waals surface area contributed by atoms with Gasteiger partial charge in [-0.3, -0.25) is 14.4 Å². The summed E-state index contributed by atoms with van der Waals surface area (Å²) in [6, 6.07) is 0. The van der Waals surface area contributed by atoms with Gasteiger partial charge in [0.1, 0.15) is 13.2 Å². The molecule has 0 radical (unpaired) electrons. The van der Waals surface area contributed by atoms with Crippen molar-refractivity contribution in [1.82, 2.24) is 0 Å². The van der Waals surface area contributed by atoms with Crippen LogP contribution in [0.4, 0.5) is 0 Å². The predicted molar refractivity (Wildman–Crippen MR) is 339 cm³/mol. The summed E-state index contributed by atoms with van der Waals surface area (Å²) < 4.78 is 16.9. The summed E-state index contributed by atoms with van der Waals surface area (Å²) in [5, 5.41) is 0. The highest BCUT2D eigenvalue weighted by molar-refractivity contribution is 5.71. The summed E-state index contributed by atoms with van der Waals surface area (Å²) in [5.41, 5.74) is 0. The second kappa shape index (κ2) is 66.6. The first-order valence-electron chi connectivity index (χ1n) is 34.3. The van der Waals surface area contributed by atoms with Crippen LogP contribution in [0.3, 0.4) is 0 Å². The van der Waals surface area contributed by atoms with Crippen LogP contribution in [-0.2, 0) is 28.6 Å². The fraction of sp³-hybridized carbons (Fsp3) is 0.819. The van der Waals surface area contributed by atoms with Gasteiger partial charge in [-0.15, -0.1) is 0 Å². The lowest BCUT2D eigenvalue weighted by Gasteiger charge is -2.18. The lowest BCUT2D eigenvalue weighted by Crippen LogP contribution is -2.30. The molecule has 0 N–H and O–H groups in total. The molecule has 0 spiro atoms. The van der Waals surface area contributed by atoms with Crippen molar-refractivity contribution in [2.45, 2.75) is 367 Å². The van der Waals surface area contributed by atoms with Crippen LogP contribution in [0, 0.1) is 0 Å². The van der Waals surface area contributed by atoms with Crippen molar-refractivity contribution in [3.63, 3.8) is 0 Å². The average molecular weight is 1090 g/mol. The smallest absolute Gasteiger partial charge is 0.306 e. The second-order valence-electron chi connectivity index (χ2n) is 23.1. The third-order valence-corrected chi connectivity index (χ3v) is 15.2. The fourth-order valence-electron chi connectivity index (χ4n) is 10.0. The minimum atomic E-state index is -0.781. The van der Waals surface area contributed by atoms with Gasteiger partial charge in [-0.05, 0) is 109 Å². The first kappa shape index (κ1) is 75.1. The molecule has 454 valence electrons. The number of carbonyl (C=O) groups is 3. The van der Waals surface area contributed by atoms with Crippen LogP contribution in [-0.4, -0.2) is 37.2 Å². The van der Waals surface area contributed by atoms with Gasteiger partial charge in [0.25, 0.3) is 0 Å². The maximum absolute atomic E-state index is 12.9. The maximum atomic E-state index is 12.9. The number of rotatable bonds is 63. The Kier molecular flexibility index (Phi) is 64.2. The number of unbranched alkanes of at least 4 members (excludes halogenated alkanes) is 42. The van der Waals surface area contributed by atoms with E-state index in [0.717, 1.165) is 83.5 Å². The zero-order valence-electron chi connectivity index (χ0n) is 52.2. The number of allylic oxidation sites excluding steroid dienone is 10. The molecule has 0 aliphatic heterocycles. The van der Waals surface area contributed by atoms with E-state index in [4.69, 9.17) is 14.2 Å². The van der Waals surface area contributed by atoms with Gasteiger partial charge in [0.15, 0.2) is 6.10 Å². The van der Waals surface area contributed by atoms with Crippen LogP contribution < -0.4 is 0 Å². The van der Waals surface area contributed by atoms with E-state index in [9.17, 15) is 14.4 Å². The molecule has 0 aromatic carbocycles. The molecule has 0 heterocycles. The van der Waals surface area contributed by atoms with Crippen molar-refractivity contribution in [3.8, 4) is 0 Å². The normalized spacial score (nSPS) is 12.4. The van der Waals surface area contributed by atoms with Crippen LogP contribution in [0.1, 0.15) is 361 Å². The average Bonchev–Trinajstić information content (AvgIpc) is 3.44. The highest BCUT2D eigenvalue weighted by atomic mass is 16.6. The van der Waals surface area contributed by atoms with Gasteiger partial charge in [0.2, 0.25) is 0 Å². The van der Waals surface area contributed by atoms with Gasteiger partial charge in [-0.1, -0.05) is 293 Å². The fourth-order valence-corrected chi connectivity index (χ4v) is 10.0. The topological polar surface area (TPSA) is 78.9 Å². The standard InChI is InChI=1S/C72H130O6/c1-4-7-10-13-16-19-22-25-27-29-30-31-32-33-34-35-36-37-38-39-40-41-42-44-45-47-50-53-56-59-62-65-71(74)77-68-69(67-76-70(73)64-61-58-55-52-49-24-21-18-15-12-9-6-3)78-72(75)66-63-60-57-54-51-48-46-43-28-26-23-20-17-14-11-8-5-2/h17-18,20-22,25-26,28-30,69H,4-16,19,23-24,27,31-68H2,1-3H3/b20-17-,21-18-,25-22-,28-26-,30-29-. The Hall–Kier alpha value is -2.89. The van der Waals surface area contributed by atoms with Crippen LogP contribution in [0.5, 0.6) is 0 Å². The molecule has 78 heavy (non-hydrogen) atoms. The van der Waals surface area contributed by atoms with Crippen molar-refractivity contribution in [3.05, 3.63) is 60.8 Å². The van der Waals surface area contributed by atoms with Crippen molar-refractivity contribution >= 4 is 17.9 Å². The number of hydrogen-bond donors (Lipinski definition) is 0. The van der Waals surface area contributed by atoms with E-state index in [1.165, 1.54) is 238 Å². The van der Waals surface area contributed by atoms with E-state index in [-0.39, 0.29) is 31.1 Å². The third-order valence-electron chi connectivity index (χ3n) is 15.2. The van der Waals surface area contributed by atoms with Gasteiger partial charge in [0, 0.05) is 19.3 Å². The first-order chi connectivity index (χ1) is 38.5. The van der Waals surface area contributed by atoms with Gasteiger partial charge in [-0.2, -0.15) is 0 Å². The molecular formula is C72H130O6. The van der Waals surface area contributed by atoms with Crippen molar-refractivity contribution in [1.29, 1.82) is 0 Å². The molecule has 0 fully saturated rings. The van der Waals surface area contributed by atoms with Crippen LogP contribution in [0.15, 0.2) is 60.8 Å². The number of carbonyl (C=O) groups excluding carboxylic acids is 3. The third kappa shape index (κ3) is 63.9. The summed E-state index contributed by atoms with van der Waals surface area (Å²) in [7, 11) is 0. The van der Waals surface area contributed by atoms with E-state index in [2.05, 4.69) is 81.5 Å². The molecule has 0 aromatic rings. The molecule has 0 rings (SSSR count). The number of esters is 3. The monoisotopic (exact) mass is 1090 g/mol. The Morgan fingerprint density at radius 3 is 0.744 bits per heavy atom. The highest BCUT2D eigenvalue weighted by Gasteiger charge is 2.19. The summed E-state index contributed by atoms with van der Waals surface area (Å²) in [5.74, 6) is -0.875. The molecule has 1 unspecified atom stereocenters. The summed E-state index contributed by atoms with van der Waals surface area (Å²) >= 11 is 0. The number of ether oxygens (including phenoxy) is 3. The van der Waals surface area contributed by atoms with E-state index < -0.39 is 6.10 Å². The Morgan fingerprint density at radius 2 is 0.462 bits per heavy atom. The summed E-state index contributed by atoms with van der Waals surface area (Å²) in [6.45, 7) is 6.61. The van der Waals surface area contributed by atoms with Crippen LogP contribution in [0.2, 0.25) is 0 Å². The van der Waals surface area contributed by atoms with Crippen molar-refractivity contribution in [2.24, 2.45) is 0 Å². The summed E-state index contributed by atoms with van der Waals surface area (Å²) in [6.07, 6.45) is 85.4. The van der Waals surface area contributed by atoms with Crippen molar-refractivity contribution < 1.29 is 28.6 Å². The lowest BCUT2D eigenvalue weighted by atomic mass is 10.0. The first-order valence-corrected chi connectivity index (χ1v) is 34.3. The zero-order valence-corrected chi connectivity index (χ0v) is 52.2. The molecule has 6 nitrogen and oxygen atoms in total. The lowest BCUT2D eigenvalue weighted by molar-refractivity contribution is -0.167. The SMILES string of the molecule is CCCCC/C=C\C/C=C\CCCCCCCCCC(=O)OC(COC(=O)CCCCCCC/C=C\CCCCC)COC(=O)CCCCCCCCCCCCCCCCCCCCC/C=C\C/C=C\CCCCCCC. The van der Waals surface area contributed by atoms with Gasteiger partial charge in [-0.25, -0.2) is 0 Å². The molecule has 0 aliphatic carbocycles. The predicted octanol–water partition coefficient (Wildman–Crippen LogP) is 23.5. The quantitative estimate of drug-likeness (QED) is 0.0261. The van der Waals surface area contributed by atoms with Gasteiger partial charge in [0.05, 0.1) is 0 Å². The largest absolute Gasteiger partial charge is 0.462 e. The minimum Gasteiger partial charge on any atom is -0.462 e. The van der Waals surface area contributed by atoms with Gasteiger partial charge >= 0.3 is 17.9 Å². The molecule has 6 heteroatoms. The van der Waals surface area contributed by atoms with Crippen LogP contribution in [0.25, 0.3) is 0 Å². The van der Waals surface area contributed by atoms with Gasteiger partial charge < -0.3 is 14.2 Å². The Morgan fingerprint density at radius 1 is 0.256 bits per heavy atom. The molecule has 0 aromatic heterocycles. The summed E-state index contributed by atoms with van der Waals surface area (Å²) in [4.78, 5) is 38.3. The highest BCUT2D eigenvalue weighted by Crippen LogP contribution is 2.17. The Balaban J connectivity index is 4.15. The maximum Gasteiger partial charge on any atom is 0.306 e. The van der Waals surface area contributed by atoms with E-state index in [1.807, 2.05) is 0 Å². The Bertz CT molecular complexity index is 1390. The molecule has 0 saturated carbocycles. The molecule has 0 bridgehead atoms. The molecule has 0 amide bonds. The Labute approximate surface area is 485 Å². The molecule has 0 saturated heterocycles. The zero-order chi connectivity index (χ0) is 56.4. The number of hydrogen-bond acceptors (Lipinski definition) is 6. The van der Waals surface area contributed by atoms with E-state index in [0.29, 0.717) is 19.3 Å². The molecule has 1 atom stereocenters. The van der Waals surface area contributed by atoms with E-state index in [1.54, 1.807) is 0 Å². The molecular weight excluding hydrogens is 961 g/mol. The van der Waals surface area contributed by atoms with E-state index >= 15 is 0 Å². The van der Waals surface area contributed by atoms with Crippen molar-refractivity contribution in [2.75, 3.05) is 13.2 Å². The molecule has 0 aliphatic rings.